The molecule has 7 nitrogen and oxygen atoms in total. The van der Waals surface area contributed by atoms with Gasteiger partial charge < -0.3 is 14.5 Å². The Hall–Kier alpha value is -0.900. The van der Waals surface area contributed by atoms with Crippen molar-refractivity contribution in [2.75, 3.05) is 13.2 Å². The van der Waals surface area contributed by atoms with Crippen molar-refractivity contribution >= 4 is 31.9 Å². The molecule has 20 heavy (non-hydrogen) atoms. The van der Waals surface area contributed by atoms with Crippen molar-refractivity contribution in [3.63, 3.8) is 0 Å². The molecule has 1 saturated heterocycles. The zero-order valence-corrected chi connectivity index (χ0v) is 13.2. The summed E-state index contributed by atoms with van der Waals surface area (Å²) in [6.45, 7) is 3.16. The highest BCUT2D eigenvalue weighted by atomic mass is 79.9. The number of rotatable bonds is 4. The van der Waals surface area contributed by atoms with Gasteiger partial charge in [0, 0.05) is 24.6 Å². The van der Waals surface area contributed by atoms with Crippen LogP contribution in [0, 0.1) is 5.92 Å². The Morgan fingerprint density at radius 1 is 1.60 bits per heavy atom. The molecule has 1 aromatic heterocycles. The third kappa shape index (κ3) is 3.40. The van der Waals surface area contributed by atoms with E-state index in [0.29, 0.717) is 13.2 Å². The van der Waals surface area contributed by atoms with Gasteiger partial charge in [-0.25, -0.2) is 13.6 Å². The first-order chi connectivity index (χ1) is 9.29. The number of ether oxygens (including phenoxy) is 1. The Balaban J connectivity index is 2.10. The summed E-state index contributed by atoms with van der Waals surface area (Å²) in [5.41, 5.74) is 0. The summed E-state index contributed by atoms with van der Waals surface area (Å²) in [5, 5.41) is 7.77. The van der Waals surface area contributed by atoms with Crippen LogP contribution in [0.2, 0.25) is 0 Å². The largest absolute Gasteiger partial charge is 0.443 e. The third-order valence-electron chi connectivity index (χ3n) is 3.22. The van der Waals surface area contributed by atoms with E-state index in [-0.39, 0.29) is 27.3 Å². The Kier molecular flexibility index (Phi) is 4.52. The first kappa shape index (κ1) is 15.5. The van der Waals surface area contributed by atoms with Crippen molar-refractivity contribution in [3.8, 4) is 0 Å². The average molecular weight is 367 g/mol. The second kappa shape index (κ2) is 5.84. The lowest BCUT2D eigenvalue weighted by molar-refractivity contribution is 0.0893. The van der Waals surface area contributed by atoms with Gasteiger partial charge in [-0.15, -0.1) is 0 Å². The number of primary sulfonamides is 1. The minimum absolute atomic E-state index is 0.0815. The molecule has 1 aliphatic heterocycles. The predicted octanol–water partition coefficient (Wildman–Crippen LogP) is 0.844. The van der Waals surface area contributed by atoms with Crippen LogP contribution in [0.3, 0.4) is 0 Å². The maximum absolute atomic E-state index is 12.0. The number of nitrogens with two attached hydrogens (primary N) is 1. The fourth-order valence-electron chi connectivity index (χ4n) is 2.00. The summed E-state index contributed by atoms with van der Waals surface area (Å²) in [7, 11) is -3.93. The quantitative estimate of drug-likeness (QED) is 0.819. The maximum Gasteiger partial charge on any atom is 0.287 e. The SMILES string of the molecule is CC(NC(=O)c1cc(S(N)(=O)=O)c(Br)o1)C1CCOC1. The zero-order chi connectivity index (χ0) is 14.9. The van der Waals surface area contributed by atoms with E-state index in [4.69, 9.17) is 14.3 Å². The van der Waals surface area contributed by atoms with Crippen LogP contribution in [0.25, 0.3) is 0 Å². The van der Waals surface area contributed by atoms with E-state index >= 15 is 0 Å². The molecule has 0 bridgehead atoms. The summed E-state index contributed by atoms with van der Waals surface area (Å²) >= 11 is 2.93. The highest BCUT2D eigenvalue weighted by Crippen LogP contribution is 2.25. The lowest BCUT2D eigenvalue weighted by Gasteiger charge is -2.18. The Labute approximate surface area is 125 Å². The number of amides is 1. The highest BCUT2D eigenvalue weighted by Gasteiger charge is 2.26. The van der Waals surface area contributed by atoms with Crippen LogP contribution in [-0.4, -0.2) is 33.6 Å². The van der Waals surface area contributed by atoms with E-state index in [9.17, 15) is 13.2 Å². The van der Waals surface area contributed by atoms with E-state index in [2.05, 4.69) is 21.2 Å². The van der Waals surface area contributed by atoms with Crippen LogP contribution in [0.15, 0.2) is 20.0 Å². The van der Waals surface area contributed by atoms with Gasteiger partial charge in [-0.2, -0.15) is 0 Å². The van der Waals surface area contributed by atoms with Crippen molar-refractivity contribution in [2.45, 2.75) is 24.3 Å². The molecule has 1 aliphatic rings. The van der Waals surface area contributed by atoms with Gasteiger partial charge in [-0.1, -0.05) is 0 Å². The summed E-state index contributed by atoms with van der Waals surface area (Å²) < 4.78 is 32.8. The monoisotopic (exact) mass is 366 g/mol. The van der Waals surface area contributed by atoms with Gasteiger partial charge in [0.15, 0.2) is 10.4 Å². The lowest BCUT2D eigenvalue weighted by Crippen LogP contribution is -2.38. The Bertz CT molecular complexity index is 606. The number of carbonyl (C=O) groups is 1. The summed E-state index contributed by atoms with van der Waals surface area (Å²) in [6.07, 6.45) is 0.881. The molecule has 0 saturated carbocycles. The standard InChI is InChI=1S/C11H15BrN2O5S/c1-6(7-2-3-18-5-7)14-11(15)8-4-9(10(12)19-8)20(13,16)17/h4,6-7H,2-3,5H2,1H3,(H,14,15)(H2,13,16,17). The zero-order valence-electron chi connectivity index (χ0n) is 10.8. The summed E-state index contributed by atoms with van der Waals surface area (Å²) in [5.74, 6) is -0.346. The topological polar surface area (TPSA) is 112 Å². The molecule has 0 aromatic carbocycles. The summed E-state index contributed by atoms with van der Waals surface area (Å²) in [4.78, 5) is 11.8. The molecule has 0 radical (unpaired) electrons. The minimum Gasteiger partial charge on any atom is -0.443 e. The van der Waals surface area contributed by atoms with Crippen molar-refractivity contribution < 1.29 is 22.4 Å². The molecule has 1 fully saturated rings. The smallest absolute Gasteiger partial charge is 0.287 e. The maximum atomic E-state index is 12.0. The normalized spacial score (nSPS) is 20.9. The number of carbonyl (C=O) groups excluding carboxylic acids is 1. The van der Waals surface area contributed by atoms with Crippen LogP contribution in [0.1, 0.15) is 23.9 Å². The predicted molar refractivity (Wildman–Crippen MR) is 73.6 cm³/mol. The van der Waals surface area contributed by atoms with Crippen LogP contribution in [0.4, 0.5) is 0 Å². The van der Waals surface area contributed by atoms with Crippen molar-refractivity contribution in [3.05, 3.63) is 16.5 Å². The van der Waals surface area contributed by atoms with Crippen molar-refractivity contribution in [1.82, 2.24) is 5.32 Å². The minimum atomic E-state index is -3.93. The molecule has 9 heteroatoms. The van der Waals surface area contributed by atoms with Gasteiger partial charge >= 0.3 is 0 Å². The average Bonchev–Trinajstić information content (AvgIpc) is 2.95. The third-order valence-corrected chi connectivity index (χ3v) is 4.98. The van der Waals surface area contributed by atoms with Gasteiger partial charge in [-0.3, -0.25) is 4.79 Å². The fourth-order valence-corrected chi connectivity index (χ4v) is 3.50. The molecule has 2 unspecified atom stereocenters. The number of sulfonamides is 1. The van der Waals surface area contributed by atoms with Crippen LogP contribution < -0.4 is 10.5 Å². The van der Waals surface area contributed by atoms with E-state index < -0.39 is 15.9 Å². The van der Waals surface area contributed by atoms with Gasteiger partial charge in [0.25, 0.3) is 5.91 Å². The number of halogens is 1. The molecule has 2 heterocycles. The van der Waals surface area contributed by atoms with Crippen LogP contribution >= 0.6 is 15.9 Å². The summed E-state index contributed by atoms with van der Waals surface area (Å²) in [6, 6.07) is 1.01. The molecule has 2 rings (SSSR count). The molecule has 0 aliphatic carbocycles. The van der Waals surface area contributed by atoms with Crippen molar-refractivity contribution in [2.24, 2.45) is 11.1 Å². The molecular weight excluding hydrogens is 352 g/mol. The Morgan fingerprint density at radius 3 is 2.80 bits per heavy atom. The first-order valence-electron chi connectivity index (χ1n) is 6.00. The second-order valence-corrected chi connectivity index (χ2v) is 6.93. The van der Waals surface area contributed by atoms with Crippen LogP contribution in [-0.2, 0) is 14.8 Å². The highest BCUT2D eigenvalue weighted by molar-refractivity contribution is 9.10. The molecule has 3 N–H and O–H groups in total. The van der Waals surface area contributed by atoms with E-state index in [0.717, 1.165) is 12.5 Å². The number of nitrogens with one attached hydrogen (secondary N) is 1. The van der Waals surface area contributed by atoms with E-state index in [1.165, 1.54) is 0 Å². The molecule has 112 valence electrons. The van der Waals surface area contributed by atoms with Gasteiger partial charge in [-0.05, 0) is 29.3 Å². The second-order valence-electron chi connectivity index (χ2n) is 4.68. The van der Waals surface area contributed by atoms with Crippen molar-refractivity contribution in [1.29, 1.82) is 0 Å². The number of furan rings is 1. The lowest BCUT2D eigenvalue weighted by atomic mass is 10.0. The number of hydrogen-bond donors (Lipinski definition) is 2. The van der Waals surface area contributed by atoms with Gasteiger partial charge in [0.05, 0.1) is 6.61 Å². The van der Waals surface area contributed by atoms with Gasteiger partial charge in [0.2, 0.25) is 10.0 Å². The molecule has 1 aromatic rings. The molecular formula is C11H15BrN2O5S. The first-order valence-corrected chi connectivity index (χ1v) is 8.33. The molecule has 0 spiro atoms. The van der Waals surface area contributed by atoms with E-state index in [1.807, 2.05) is 6.92 Å². The van der Waals surface area contributed by atoms with Gasteiger partial charge in [0.1, 0.15) is 4.90 Å². The fraction of sp³-hybridized carbons (Fsp3) is 0.545. The molecule has 2 atom stereocenters. The molecule has 1 amide bonds. The van der Waals surface area contributed by atoms with E-state index in [1.54, 1.807) is 0 Å². The number of hydrogen-bond acceptors (Lipinski definition) is 5. The Morgan fingerprint density at radius 2 is 2.30 bits per heavy atom. The van der Waals surface area contributed by atoms with Crippen LogP contribution in [0.5, 0.6) is 0 Å².